The van der Waals surface area contributed by atoms with Crippen LogP contribution in [0.2, 0.25) is 0 Å². The van der Waals surface area contributed by atoms with Gasteiger partial charge >= 0.3 is 12.1 Å². The van der Waals surface area contributed by atoms with Gasteiger partial charge in [0.15, 0.2) is 0 Å². The van der Waals surface area contributed by atoms with Crippen molar-refractivity contribution in [3.63, 3.8) is 0 Å². The van der Waals surface area contributed by atoms with Gasteiger partial charge in [0.1, 0.15) is 6.04 Å². The highest BCUT2D eigenvalue weighted by molar-refractivity contribution is 5.97. The Labute approximate surface area is 155 Å². The summed E-state index contributed by atoms with van der Waals surface area (Å²) < 4.78 is 43.3. The first-order valence-corrected chi connectivity index (χ1v) is 8.23. The molecule has 0 bridgehead atoms. The molecule has 0 spiro atoms. The molecular formula is C20H20F3NO3. The summed E-state index contributed by atoms with van der Waals surface area (Å²) in [6, 6.07) is 8.77. The summed E-state index contributed by atoms with van der Waals surface area (Å²) in [5, 5.41) is 2.55. The van der Waals surface area contributed by atoms with E-state index >= 15 is 0 Å². The summed E-state index contributed by atoms with van der Waals surface area (Å²) in [5.41, 5.74) is 1.58. The highest BCUT2D eigenvalue weighted by Crippen LogP contribution is 2.29. The standard InChI is InChI=1S/C20H20F3NO3/c1-12-7-13(2)9-15(8-12)18(25)24-17(19(26)27-3)11-14-5-4-6-16(10-14)20(21,22)23/h4-10,17H,11H2,1-3H3,(H,24,25)/t17-/m1/s1. The molecule has 2 aromatic rings. The smallest absolute Gasteiger partial charge is 0.416 e. The Balaban J connectivity index is 2.23. The summed E-state index contributed by atoms with van der Waals surface area (Å²) >= 11 is 0. The van der Waals surface area contributed by atoms with Gasteiger partial charge in [-0.15, -0.1) is 0 Å². The fourth-order valence-corrected chi connectivity index (χ4v) is 2.79. The van der Waals surface area contributed by atoms with Crippen molar-refractivity contribution in [1.29, 1.82) is 0 Å². The maximum atomic E-state index is 12.9. The first-order valence-electron chi connectivity index (χ1n) is 8.23. The van der Waals surface area contributed by atoms with Gasteiger partial charge in [-0.2, -0.15) is 13.2 Å². The number of ether oxygens (including phenoxy) is 1. The molecule has 0 aliphatic carbocycles. The number of aryl methyl sites for hydroxylation is 2. The Morgan fingerprint density at radius 1 is 1.07 bits per heavy atom. The molecule has 0 saturated heterocycles. The van der Waals surface area contributed by atoms with Crippen molar-refractivity contribution in [3.05, 3.63) is 70.3 Å². The number of nitrogens with one attached hydrogen (secondary N) is 1. The lowest BCUT2D eigenvalue weighted by Crippen LogP contribution is -2.43. The zero-order chi connectivity index (χ0) is 20.2. The van der Waals surface area contributed by atoms with Crippen molar-refractivity contribution in [2.45, 2.75) is 32.5 Å². The van der Waals surface area contributed by atoms with Crippen LogP contribution >= 0.6 is 0 Å². The number of carbonyl (C=O) groups excluding carboxylic acids is 2. The molecule has 0 aliphatic heterocycles. The molecule has 144 valence electrons. The number of amides is 1. The quantitative estimate of drug-likeness (QED) is 0.804. The number of carbonyl (C=O) groups is 2. The van der Waals surface area contributed by atoms with Crippen LogP contribution in [-0.2, 0) is 22.1 Å². The highest BCUT2D eigenvalue weighted by Gasteiger charge is 2.31. The van der Waals surface area contributed by atoms with Crippen LogP contribution in [0.15, 0.2) is 42.5 Å². The highest BCUT2D eigenvalue weighted by atomic mass is 19.4. The third-order valence-corrected chi connectivity index (χ3v) is 3.97. The van der Waals surface area contributed by atoms with E-state index in [1.165, 1.54) is 12.1 Å². The Morgan fingerprint density at radius 2 is 1.70 bits per heavy atom. The van der Waals surface area contributed by atoms with Crippen molar-refractivity contribution < 1.29 is 27.5 Å². The van der Waals surface area contributed by atoms with E-state index in [1.807, 2.05) is 19.9 Å². The second-order valence-electron chi connectivity index (χ2n) is 6.33. The van der Waals surface area contributed by atoms with Gasteiger partial charge in [-0.1, -0.05) is 35.4 Å². The van der Waals surface area contributed by atoms with E-state index in [2.05, 4.69) is 5.32 Å². The minimum absolute atomic E-state index is 0.118. The van der Waals surface area contributed by atoms with Crippen LogP contribution in [0.4, 0.5) is 13.2 Å². The van der Waals surface area contributed by atoms with E-state index < -0.39 is 29.7 Å². The predicted octanol–water partition coefficient (Wildman–Crippen LogP) is 3.84. The van der Waals surface area contributed by atoms with Crippen LogP contribution in [0.1, 0.15) is 32.6 Å². The zero-order valence-corrected chi connectivity index (χ0v) is 15.2. The minimum Gasteiger partial charge on any atom is -0.467 e. The van der Waals surface area contributed by atoms with Crippen LogP contribution < -0.4 is 5.32 Å². The maximum absolute atomic E-state index is 12.9. The van der Waals surface area contributed by atoms with Gasteiger partial charge in [-0.3, -0.25) is 4.79 Å². The molecule has 2 rings (SSSR count). The fourth-order valence-electron chi connectivity index (χ4n) is 2.79. The molecule has 2 aromatic carbocycles. The molecule has 0 fully saturated rings. The van der Waals surface area contributed by atoms with Crippen LogP contribution in [-0.4, -0.2) is 25.0 Å². The summed E-state index contributed by atoms with van der Waals surface area (Å²) in [6.45, 7) is 3.68. The van der Waals surface area contributed by atoms with Gasteiger partial charge < -0.3 is 10.1 Å². The molecule has 7 heteroatoms. The van der Waals surface area contributed by atoms with Crippen LogP contribution in [0.25, 0.3) is 0 Å². The largest absolute Gasteiger partial charge is 0.467 e. The van der Waals surface area contributed by atoms with E-state index in [0.29, 0.717) is 5.56 Å². The average molecular weight is 379 g/mol. The van der Waals surface area contributed by atoms with E-state index in [9.17, 15) is 22.8 Å². The third kappa shape index (κ3) is 5.57. The Morgan fingerprint density at radius 3 is 2.26 bits per heavy atom. The number of alkyl halides is 3. The molecule has 0 aliphatic rings. The van der Waals surface area contributed by atoms with E-state index in [4.69, 9.17) is 4.74 Å². The molecular weight excluding hydrogens is 359 g/mol. The number of halogens is 3. The number of hydrogen-bond donors (Lipinski definition) is 1. The number of hydrogen-bond acceptors (Lipinski definition) is 3. The SMILES string of the molecule is COC(=O)[C@@H](Cc1cccc(C(F)(F)F)c1)NC(=O)c1cc(C)cc(C)c1. The van der Waals surface area contributed by atoms with Crippen LogP contribution in [0.3, 0.4) is 0 Å². The van der Waals surface area contributed by atoms with E-state index in [0.717, 1.165) is 30.4 Å². The number of esters is 1. The number of rotatable bonds is 5. The molecule has 0 saturated carbocycles. The number of benzene rings is 2. The van der Waals surface area contributed by atoms with Crippen molar-refractivity contribution in [3.8, 4) is 0 Å². The summed E-state index contributed by atoms with van der Waals surface area (Å²) in [5.74, 6) is -1.23. The molecule has 27 heavy (non-hydrogen) atoms. The maximum Gasteiger partial charge on any atom is 0.416 e. The first kappa shape index (κ1) is 20.5. The van der Waals surface area contributed by atoms with Gasteiger partial charge in [0, 0.05) is 12.0 Å². The van der Waals surface area contributed by atoms with Crippen molar-refractivity contribution in [1.82, 2.24) is 5.32 Å². The molecule has 1 atom stereocenters. The van der Waals surface area contributed by atoms with Crippen molar-refractivity contribution in [2.24, 2.45) is 0 Å². The third-order valence-electron chi connectivity index (χ3n) is 3.97. The topological polar surface area (TPSA) is 55.4 Å². The van der Waals surface area contributed by atoms with Crippen molar-refractivity contribution >= 4 is 11.9 Å². The molecule has 0 aromatic heterocycles. The molecule has 0 unspecified atom stereocenters. The Hall–Kier alpha value is -2.83. The van der Waals surface area contributed by atoms with Crippen LogP contribution in [0.5, 0.6) is 0 Å². The minimum atomic E-state index is -4.49. The van der Waals surface area contributed by atoms with Crippen LogP contribution in [0, 0.1) is 13.8 Å². The monoisotopic (exact) mass is 379 g/mol. The summed E-state index contributed by atoms with van der Waals surface area (Å²) in [4.78, 5) is 24.5. The van der Waals surface area contributed by atoms with Gasteiger partial charge in [0.25, 0.3) is 5.91 Å². The molecule has 4 nitrogen and oxygen atoms in total. The van der Waals surface area contributed by atoms with Gasteiger partial charge in [0.05, 0.1) is 12.7 Å². The average Bonchev–Trinajstić information content (AvgIpc) is 2.59. The summed E-state index contributed by atoms with van der Waals surface area (Å²) in [7, 11) is 1.16. The molecule has 1 N–H and O–H groups in total. The normalized spacial score (nSPS) is 12.4. The lowest BCUT2D eigenvalue weighted by atomic mass is 10.0. The van der Waals surface area contributed by atoms with Gasteiger partial charge in [-0.05, 0) is 37.6 Å². The molecule has 0 heterocycles. The molecule has 1 amide bonds. The second kappa shape index (κ2) is 8.24. The second-order valence-corrected chi connectivity index (χ2v) is 6.33. The first-order chi connectivity index (χ1) is 12.6. The summed E-state index contributed by atoms with van der Waals surface area (Å²) in [6.07, 6.45) is -4.60. The fraction of sp³-hybridized carbons (Fsp3) is 0.300. The Bertz CT molecular complexity index is 826. The van der Waals surface area contributed by atoms with Gasteiger partial charge in [-0.25, -0.2) is 4.79 Å². The lowest BCUT2D eigenvalue weighted by Gasteiger charge is -2.18. The van der Waals surface area contributed by atoms with E-state index in [1.54, 1.807) is 12.1 Å². The zero-order valence-electron chi connectivity index (χ0n) is 15.2. The predicted molar refractivity (Wildman–Crippen MR) is 94.3 cm³/mol. The van der Waals surface area contributed by atoms with E-state index in [-0.39, 0.29) is 12.0 Å². The van der Waals surface area contributed by atoms with Gasteiger partial charge in [0.2, 0.25) is 0 Å². The molecule has 0 radical (unpaired) electrons. The van der Waals surface area contributed by atoms with Crippen molar-refractivity contribution in [2.75, 3.05) is 7.11 Å². The Kier molecular flexibility index (Phi) is 6.25. The number of methoxy groups -OCH3 is 1. The lowest BCUT2D eigenvalue weighted by molar-refractivity contribution is -0.142.